The van der Waals surface area contributed by atoms with E-state index in [1.54, 1.807) is 26.4 Å². The fourth-order valence-corrected chi connectivity index (χ4v) is 3.40. The van der Waals surface area contributed by atoms with Crippen molar-refractivity contribution in [2.45, 2.75) is 19.6 Å². The number of oxazole rings is 1. The summed E-state index contributed by atoms with van der Waals surface area (Å²) in [5, 5.41) is 2.83. The number of nitrogens with one attached hydrogen (secondary N) is 1. The maximum atomic E-state index is 13.4. The highest BCUT2D eigenvalue weighted by atomic mass is 19.1. The second-order valence-corrected chi connectivity index (χ2v) is 8.14. The Balaban J connectivity index is 1.76. The van der Waals surface area contributed by atoms with Crippen molar-refractivity contribution in [1.29, 1.82) is 0 Å². The summed E-state index contributed by atoms with van der Waals surface area (Å²) in [5.41, 5.74) is 2.11. The molecular formula is C25H31FN4O4. The molecule has 1 N–H and O–H groups in total. The van der Waals surface area contributed by atoms with Gasteiger partial charge in [0, 0.05) is 37.8 Å². The highest BCUT2D eigenvalue weighted by Crippen LogP contribution is 2.27. The summed E-state index contributed by atoms with van der Waals surface area (Å²) < 4.78 is 29.8. The van der Waals surface area contributed by atoms with E-state index in [2.05, 4.69) is 15.2 Å². The molecule has 2 aromatic carbocycles. The van der Waals surface area contributed by atoms with Gasteiger partial charge < -0.3 is 24.1 Å². The van der Waals surface area contributed by atoms with E-state index in [-0.39, 0.29) is 17.4 Å². The molecule has 0 saturated carbocycles. The average molecular weight is 471 g/mol. The Morgan fingerprint density at radius 2 is 1.82 bits per heavy atom. The molecule has 0 spiro atoms. The number of hydrogen-bond acceptors (Lipinski definition) is 7. The molecule has 3 rings (SSSR count). The van der Waals surface area contributed by atoms with Gasteiger partial charge in [-0.3, -0.25) is 9.69 Å². The number of aromatic nitrogens is 1. The molecule has 1 heterocycles. The van der Waals surface area contributed by atoms with E-state index < -0.39 is 0 Å². The van der Waals surface area contributed by atoms with Crippen molar-refractivity contribution in [2.24, 2.45) is 0 Å². The summed E-state index contributed by atoms with van der Waals surface area (Å²) in [6.45, 7) is 2.62. The molecule has 1 amide bonds. The number of amides is 1. The van der Waals surface area contributed by atoms with Crippen molar-refractivity contribution in [3.8, 4) is 11.5 Å². The van der Waals surface area contributed by atoms with E-state index >= 15 is 0 Å². The van der Waals surface area contributed by atoms with Gasteiger partial charge in [-0.15, -0.1) is 0 Å². The number of likely N-dealkylation sites (N-methyl/N-ethyl adjacent to an activating group) is 1. The molecule has 0 aliphatic heterocycles. The van der Waals surface area contributed by atoms with Gasteiger partial charge in [0.15, 0.2) is 5.69 Å². The highest BCUT2D eigenvalue weighted by molar-refractivity contribution is 5.91. The molecule has 3 aromatic rings. The van der Waals surface area contributed by atoms with Crippen molar-refractivity contribution < 1.29 is 23.1 Å². The van der Waals surface area contributed by atoms with Gasteiger partial charge in [-0.05, 0) is 37.9 Å². The van der Waals surface area contributed by atoms with Crippen molar-refractivity contribution in [2.75, 3.05) is 41.4 Å². The van der Waals surface area contributed by atoms with E-state index in [1.807, 2.05) is 37.2 Å². The van der Waals surface area contributed by atoms with Crippen LogP contribution in [-0.2, 0) is 19.6 Å². The SMILES string of the molecule is COc1ccc(CN(Cc2ccc(F)cc2)Cc2nc(C(=O)NCCN(C)C)co2)c(OC)c1. The lowest BCUT2D eigenvalue weighted by atomic mass is 10.1. The first-order chi connectivity index (χ1) is 16.4. The van der Waals surface area contributed by atoms with Gasteiger partial charge in [-0.1, -0.05) is 18.2 Å². The monoisotopic (exact) mass is 470 g/mol. The van der Waals surface area contributed by atoms with E-state index in [9.17, 15) is 9.18 Å². The second-order valence-electron chi connectivity index (χ2n) is 8.14. The Hall–Kier alpha value is -3.43. The predicted molar refractivity (Wildman–Crippen MR) is 126 cm³/mol. The maximum Gasteiger partial charge on any atom is 0.273 e. The van der Waals surface area contributed by atoms with Crippen LogP contribution in [0.25, 0.3) is 0 Å². The number of hydrogen-bond donors (Lipinski definition) is 1. The summed E-state index contributed by atoms with van der Waals surface area (Å²) in [6, 6.07) is 12.0. The predicted octanol–water partition coefficient (Wildman–Crippen LogP) is 3.32. The van der Waals surface area contributed by atoms with Gasteiger partial charge in [0.05, 0.1) is 20.8 Å². The van der Waals surface area contributed by atoms with Crippen molar-refractivity contribution >= 4 is 5.91 Å². The summed E-state index contributed by atoms with van der Waals surface area (Å²) in [5.74, 6) is 1.23. The molecule has 182 valence electrons. The van der Waals surface area contributed by atoms with Crippen LogP contribution in [-0.4, -0.2) is 62.1 Å². The number of halogens is 1. The normalized spacial score (nSPS) is 11.1. The quantitative estimate of drug-likeness (QED) is 0.435. The largest absolute Gasteiger partial charge is 0.497 e. The lowest BCUT2D eigenvalue weighted by molar-refractivity contribution is 0.0946. The second kappa shape index (κ2) is 12.2. The van der Waals surface area contributed by atoms with Crippen LogP contribution in [0.2, 0.25) is 0 Å². The fraction of sp³-hybridized carbons (Fsp3) is 0.360. The third kappa shape index (κ3) is 7.29. The van der Waals surface area contributed by atoms with Gasteiger partial charge in [0.25, 0.3) is 5.91 Å². The van der Waals surface area contributed by atoms with Gasteiger partial charge >= 0.3 is 0 Å². The van der Waals surface area contributed by atoms with Gasteiger partial charge in [0.1, 0.15) is 23.6 Å². The van der Waals surface area contributed by atoms with Crippen LogP contribution in [0.5, 0.6) is 11.5 Å². The fourth-order valence-electron chi connectivity index (χ4n) is 3.40. The van der Waals surface area contributed by atoms with Crippen LogP contribution in [0.15, 0.2) is 53.1 Å². The summed E-state index contributed by atoms with van der Waals surface area (Å²) in [7, 11) is 7.09. The number of rotatable bonds is 12. The smallest absolute Gasteiger partial charge is 0.273 e. The summed E-state index contributed by atoms with van der Waals surface area (Å²) in [6.07, 6.45) is 1.37. The first-order valence-electron chi connectivity index (χ1n) is 10.9. The zero-order valence-corrected chi connectivity index (χ0v) is 20.0. The Morgan fingerprint density at radius 1 is 1.06 bits per heavy atom. The molecule has 0 fully saturated rings. The molecule has 0 radical (unpaired) electrons. The lowest BCUT2D eigenvalue weighted by Crippen LogP contribution is -2.31. The van der Waals surface area contributed by atoms with Gasteiger partial charge in [-0.25, -0.2) is 9.37 Å². The molecule has 0 aliphatic rings. The molecular weight excluding hydrogens is 439 g/mol. The molecule has 0 unspecified atom stereocenters. The number of carbonyl (C=O) groups excluding carboxylic acids is 1. The van der Waals surface area contributed by atoms with E-state index in [0.717, 1.165) is 17.7 Å². The van der Waals surface area contributed by atoms with Crippen LogP contribution < -0.4 is 14.8 Å². The minimum atomic E-state index is -0.287. The van der Waals surface area contributed by atoms with Crippen LogP contribution in [0.1, 0.15) is 27.5 Å². The number of methoxy groups -OCH3 is 2. The Bertz CT molecular complexity index is 1070. The Morgan fingerprint density at radius 3 is 2.50 bits per heavy atom. The topological polar surface area (TPSA) is 80.1 Å². The minimum Gasteiger partial charge on any atom is -0.497 e. The molecule has 0 atom stereocenters. The molecule has 34 heavy (non-hydrogen) atoms. The maximum absolute atomic E-state index is 13.4. The number of carbonyl (C=O) groups is 1. The lowest BCUT2D eigenvalue weighted by Gasteiger charge is -2.22. The zero-order chi connectivity index (χ0) is 24.5. The average Bonchev–Trinajstić information content (AvgIpc) is 3.29. The van der Waals surface area contributed by atoms with Crippen LogP contribution in [0, 0.1) is 5.82 Å². The van der Waals surface area contributed by atoms with Crippen LogP contribution in [0.4, 0.5) is 4.39 Å². The number of nitrogens with zero attached hydrogens (tertiary/aromatic N) is 3. The molecule has 0 aliphatic carbocycles. The first kappa shape index (κ1) is 25.2. The zero-order valence-electron chi connectivity index (χ0n) is 20.0. The Kier molecular flexibility index (Phi) is 9.00. The van der Waals surface area contributed by atoms with Crippen molar-refractivity contribution in [3.63, 3.8) is 0 Å². The van der Waals surface area contributed by atoms with Crippen LogP contribution >= 0.6 is 0 Å². The first-order valence-corrected chi connectivity index (χ1v) is 10.9. The van der Waals surface area contributed by atoms with Crippen molar-refractivity contribution in [1.82, 2.24) is 20.1 Å². The van der Waals surface area contributed by atoms with Gasteiger partial charge in [0.2, 0.25) is 5.89 Å². The van der Waals surface area contributed by atoms with Gasteiger partial charge in [-0.2, -0.15) is 0 Å². The molecule has 0 bridgehead atoms. The van der Waals surface area contributed by atoms with E-state index in [1.165, 1.54) is 18.4 Å². The Labute approximate surface area is 199 Å². The third-order valence-electron chi connectivity index (χ3n) is 5.20. The summed E-state index contributed by atoms with van der Waals surface area (Å²) >= 11 is 0. The van der Waals surface area contributed by atoms with E-state index in [0.29, 0.717) is 43.6 Å². The van der Waals surface area contributed by atoms with Crippen LogP contribution in [0.3, 0.4) is 0 Å². The summed E-state index contributed by atoms with van der Waals surface area (Å²) in [4.78, 5) is 20.8. The van der Waals surface area contributed by atoms with Crippen molar-refractivity contribution in [3.05, 3.63) is 77.3 Å². The third-order valence-corrected chi connectivity index (χ3v) is 5.20. The highest BCUT2D eigenvalue weighted by Gasteiger charge is 2.17. The molecule has 1 aromatic heterocycles. The molecule has 9 heteroatoms. The molecule has 0 saturated heterocycles. The number of benzene rings is 2. The number of ether oxygens (including phenoxy) is 2. The standard InChI is InChI=1S/C25H31FN4O4/c1-29(2)12-11-27-25(31)22-17-34-24(28-22)16-30(14-18-5-8-20(26)9-6-18)15-19-7-10-21(32-3)13-23(19)33-4/h5-10,13,17H,11-12,14-16H2,1-4H3,(H,27,31). The van der Waals surface area contributed by atoms with E-state index in [4.69, 9.17) is 13.9 Å². The molecule has 8 nitrogen and oxygen atoms in total. The minimum absolute atomic E-state index is 0.234.